The van der Waals surface area contributed by atoms with Gasteiger partial charge in [-0.1, -0.05) is 17.7 Å². The number of amides is 1. The molecule has 0 saturated carbocycles. The van der Waals surface area contributed by atoms with Crippen LogP contribution in [0.1, 0.15) is 37.5 Å². The highest BCUT2D eigenvalue weighted by molar-refractivity contribution is 6.31. The molecular formula is C26H29ClF2N2O5. The number of aliphatic hydroxyl groups is 1. The van der Waals surface area contributed by atoms with Crippen molar-refractivity contribution in [2.45, 2.75) is 37.7 Å². The van der Waals surface area contributed by atoms with Crippen LogP contribution in [0.3, 0.4) is 0 Å². The van der Waals surface area contributed by atoms with E-state index in [2.05, 4.69) is 10.6 Å². The molecule has 3 heterocycles. The number of alkyl halides is 2. The number of nitrogens with zero attached hydrogens (tertiary/aromatic N) is 1. The molecule has 1 atom stereocenters. The second-order valence-corrected chi connectivity index (χ2v) is 9.60. The Hall–Kier alpha value is -2.88. The van der Waals surface area contributed by atoms with Crippen molar-refractivity contribution in [3.8, 4) is 11.5 Å². The van der Waals surface area contributed by atoms with Crippen molar-refractivity contribution in [3.63, 3.8) is 0 Å². The largest absolute Gasteiger partial charge is 0.486 e. The van der Waals surface area contributed by atoms with Gasteiger partial charge in [-0.25, -0.2) is 0 Å². The Balaban J connectivity index is 0.000000174. The van der Waals surface area contributed by atoms with Crippen LogP contribution in [-0.4, -0.2) is 48.8 Å². The van der Waals surface area contributed by atoms with Gasteiger partial charge in [0.25, 0.3) is 5.91 Å². The van der Waals surface area contributed by atoms with Gasteiger partial charge in [0.15, 0.2) is 17.3 Å². The molecule has 1 amide bonds. The molecule has 1 saturated heterocycles. The molecule has 7 nitrogen and oxygen atoms in total. The third-order valence-electron chi connectivity index (χ3n) is 6.37. The summed E-state index contributed by atoms with van der Waals surface area (Å²) < 4.78 is 42.4. The van der Waals surface area contributed by atoms with Crippen LogP contribution < -0.4 is 15.2 Å². The smallest absolute Gasteiger partial charge is 0.380 e. The van der Waals surface area contributed by atoms with E-state index in [1.165, 1.54) is 31.0 Å². The highest BCUT2D eigenvalue weighted by Gasteiger charge is 2.42. The Kier molecular flexibility index (Phi) is 7.73. The number of carbonyl (C=O) groups excluding carboxylic acids is 1. The maximum Gasteiger partial charge on any atom is 0.380 e. The number of benzene rings is 2. The van der Waals surface area contributed by atoms with Gasteiger partial charge in [0, 0.05) is 17.0 Å². The van der Waals surface area contributed by atoms with Crippen LogP contribution in [0, 0.1) is 0 Å². The van der Waals surface area contributed by atoms with E-state index in [1.54, 1.807) is 0 Å². The minimum Gasteiger partial charge on any atom is -0.486 e. The molecule has 0 bridgehead atoms. The average Bonchev–Trinajstić information content (AvgIpc) is 3.53. The number of likely N-dealkylation sites (tertiary alicyclic amines) is 1. The second kappa shape index (κ2) is 10.6. The zero-order valence-electron chi connectivity index (χ0n) is 19.9. The highest BCUT2D eigenvalue weighted by atomic mass is 35.5. The van der Waals surface area contributed by atoms with Gasteiger partial charge in [0.05, 0.1) is 5.60 Å². The van der Waals surface area contributed by atoms with Crippen LogP contribution in [0.5, 0.6) is 11.5 Å². The first kappa shape index (κ1) is 26.2. The minimum atomic E-state index is -3.81. The Morgan fingerprint density at radius 2 is 1.78 bits per heavy atom. The van der Waals surface area contributed by atoms with Gasteiger partial charge in [0.2, 0.25) is 0 Å². The SMILES string of the molecule is CC(O)(CCN1CCCC1)c1ccc2c(c1)OCCO2.NC(=O)C(F)(F)c1cc2cc(Cl)ccc2o1. The molecule has 3 aromatic rings. The summed E-state index contributed by atoms with van der Waals surface area (Å²) in [6, 6.07) is 11.2. The van der Waals surface area contributed by atoms with E-state index in [0.29, 0.717) is 23.6 Å². The standard InChI is InChI=1S/C16H23NO3.C10H6ClF2NO2/c1-16(18,6-9-17-7-2-3-8-17)13-4-5-14-15(12-13)20-11-10-19-14;11-6-1-2-7-5(3-6)4-8(16-7)10(12,13)9(14)15/h4-5,12,18H,2-3,6-11H2,1H3;1-4H,(H2,14,15). The first-order chi connectivity index (χ1) is 17.1. The fourth-order valence-corrected chi connectivity index (χ4v) is 4.38. The van der Waals surface area contributed by atoms with E-state index in [4.69, 9.17) is 25.5 Å². The summed E-state index contributed by atoms with van der Waals surface area (Å²) in [7, 11) is 0. The maximum absolute atomic E-state index is 13.2. The molecule has 194 valence electrons. The van der Waals surface area contributed by atoms with Crippen LogP contribution in [-0.2, 0) is 16.3 Å². The van der Waals surface area contributed by atoms with Crippen LogP contribution in [0.25, 0.3) is 11.0 Å². The summed E-state index contributed by atoms with van der Waals surface area (Å²) in [6.45, 7) is 6.33. The molecule has 0 spiro atoms. The predicted octanol–water partition coefficient (Wildman–Crippen LogP) is 4.81. The number of carbonyl (C=O) groups is 1. The van der Waals surface area contributed by atoms with E-state index < -0.39 is 23.2 Å². The topological polar surface area (TPSA) is 98.2 Å². The number of hydrogen-bond acceptors (Lipinski definition) is 6. The number of primary amides is 1. The van der Waals surface area contributed by atoms with E-state index in [1.807, 2.05) is 25.1 Å². The van der Waals surface area contributed by atoms with E-state index in [-0.39, 0.29) is 5.58 Å². The molecule has 5 rings (SSSR count). The molecule has 2 aliphatic rings. The minimum absolute atomic E-state index is 0.223. The first-order valence-electron chi connectivity index (χ1n) is 11.8. The van der Waals surface area contributed by atoms with Crippen LogP contribution in [0.2, 0.25) is 5.02 Å². The molecule has 2 aromatic carbocycles. The number of ether oxygens (including phenoxy) is 2. The normalized spacial score (nSPS) is 17.4. The fourth-order valence-electron chi connectivity index (χ4n) is 4.20. The molecular weight excluding hydrogens is 494 g/mol. The number of fused-ring (bicyclic) bond motifs is 2. The third-order valence-corrected chi connectivity index (χ3v) is 6.61. The Labute approximate surface area is 212 Å². The highest BCUT2D eigenvalue weighted by Crippen LogP contribution is 2.36. The van der Waals surface area contributed by atoms with Gasteiger partial charge >= 0.3 is 5.92 Å². The van der Waals surface area contributed by atoms with Crippen molar-refractivity contribution in [1.29, 1.82) is 0 Å². The third kappa shape index (κ3) is 5.91. The van der Waals surface area contributed by atoms with Gasteiger partial charge in [-0.05, 0) is 81.2 Å². The zero-order chi connectivity index (χ0) is 25.9. The van der Waals surface area contributed by atoms with E-state index in [9.17, 15) is 18.7 Å². The lowest BCUT2D eigenvalue weighted by Crippen LogP contribution is -2.32. The molecule has 0 radical (unpaired) electrons. The molecule has 0 aliphatic carbocycles. The summed E-state index contributed by atoms with van der Waals surface area (Å²) >= 11 is 5.68. The van der Waals surface area contributed by atoms with Crippen LogP contribution in [0.15, 0.2) is 46.9 Å². The number of nitrogens with two attached hydrogens (primary N) is 1. The number of halogens is 3. The van der Waals surface area contributed by atoms with Crippen molar-refractivity contribution in [1.82, 2.24) is 4.90 Å². The van der Waals surface area contributed by atoms with E-state index >= 15 is 0 Å². The monoisotopic (exact) mass is 522 g/mol. The quantitative estimate of drug-likeness (QED) is 0.482. The average molecular weight is 523 g/mol. The van der Waals surface area contributed by atoms with Crippen molar-refractivity contribution in [2.24, 2.45) is 5.73 Å². The zero-order valence-corrected chi connectivity index (χ0v) is 20.7. The lowest BCUT2D eigenvalue weighted by molar-refractivity contribution is -0.145. The number of rotatable bonds is 6. The Morgan fingerprint density at radius 1 is 1.08 bits per heavy atom. The Morgan fingerprint density at radius 3 is 2.47 bits per heavy atom. The van der Waals surface area contributed by atoms with E-state index in [0.717, 1.165) is 49.2 Å². The van der Waals surface area contributed by atoms with Gasteiger partial charge in [-0.2, -0.15) is 8.78 Å². The lowest BCUT2D eigenvalue weighted by Gasteiger charge is -2.28. The van der Waals surface area contributed by atoms with Crippen molar-refractivity contribution in [2.75, 3.05) is 32.8 Å². The summed E-state index contributed by atoms with van der Waals surface area (Å²) in [4.78, 5) is 13.0. The fraction of sp³-hybridized carbons (Fsp3) is 0.423. The molecule has 2 aliphatic heterocycles. The summed E-state index contributed by atoms with van der Waals surface area (Å²) in [5.41, 5.74) is 4.88. The van der Waals surface area contributed by atoms with Gasteiger partial charge < -0.3 is 29.6 Å². The maximum atomic E-state index is 13.2. The molecule has 1 unspecified atom stereocenters. The molecule has 3 N–H and O–H groups in total. The van der Waals surface area contributed by atoms with Gasteiger partial charge in [-0.3, -0.25) is 4.79 Å². The van der Waals surface area contributed by atoms with Crippen molar-refractivity contribution < 1.29 is 32.6 Å². The predicted molar refractivity (Wildman–Crippen MR) is 132 cm³/mol. The molecule has 10 heteroatoms. The molecule has 1 fully saturated rings. The van der Waals surface area contributed by atoms with Crippen molar-refractivity contribution in [3.05, 3.63) is 58.8 Å². The van der Waals surface area contributed by atoms with Crippen LogP contribution in [0.4, 0.5) is 8.78 Å². The van der Waals surface area contributed by atoms with Gasteiger partial charge in [0.1, 0.15) is 18.8 Å². The summed E-state index contributed by atoms with van der Waals surface area (Å²) in [5, 5.41) is 11.5. The lowest BCUT2D eigenvalue weighted by atomic mass is 9.92. The molecule has 1 aromatic heterocycles. The Bertz CT molecular complexity index is 1220. The summed E-state index contributed by atoms with van der Waals surface area (Å²) in [6.07, 6.45) is 3.31. The van der Waals surface area contributed by atoms with Gasteiger partial charge in [-0.15, -0.1) is 0 Å². The van der Waals surface area contributed by atoms with Crippen molar-refractivity contribution >= 4 is 28.5 Å². The summed E-state index contributed by atoms with van der Waals surface area (Å²) in [5.74, 6) is -4.83. The number of hydrogen-bond donors (Lipinski definition) is 2. The van der Waals surface area contributed by atoms with Crippen LogP contribution >= 0.6 is 11.6 Å². The first-order valence-corrected chi connectivity index (χ1v) is 12.2. The second-order valence-electron chi connectivity index (χ2n) is 9.16. The molecule has 36 heavy (non-hydrogen) atoms. The number of furan rings is 1.